The van der Waals surface area contributed by atoms with E-state index in [-0.39, 0.29) is 0 Å². The molecule has 2 aromatic rings. The van der Waals surface area contributed by atoms with Crippen molar-refractivity contribution < 1.29 is 13.2 Å². The molecule has 0 bridgehead atoms. The first-order chi connectivity index (χ1) is 7.94. The lowest BCUT2D eigenvalue weighted by Gasteiger charge is -2.05. The van der Waals surface area contributed by atoms with Gasteiger partial charge in [0.2, 0.25) is 0 Å². The Balaban J connectivity index is 2.24. The van der Waals surface area contributed by atoms with Crippen LogP contribution in [0.25, 0.3) is 11.1 Å². The third-order valence-corrected chi connectivity index (χ3v) is 2.09. The van der Waals surface area contributed by atoms with Crippen LogP contribution in [0.3, 0.4) is 0 Å². The van der Waals surface area contributed by atoms with Crippen LogP contribution in [0.2, 0.25) is 0 Å². The quantitative estimate of drug-likeness (QED) is 0.877. The van der Waals surface area contributed by atoms with Gasteiger partial charge in [-0.3, -0.25) is 4.68 Å². The summed E-state index contributed by atoms with van der Waals surface area (Å²) in [6, 6.07) is 3.24. The molecule has 0 aliphatic rings. The van der Waals surface area contributed by atoms with E-state index in [9.17, 15) is 13.2 Å². The molecule has 0 saturated heterocycles. The molecular weight excluding hydrogens is 233 g/mol. The lowest BCUT2D eigenvalue weighted by molar-refractivity contribution is -0.142. The summed E-state index contributed by atoms with van der Waals surface area (Å²) in [7, 11) is 0. The Morgan fingerprint density at radius 1 is 1.29 bits per heavy atom. The molecule has 0 aromatic carbocycles. The fraction of sp³-hybridized carbons (Fsp3) is 0.200. The maximum Gasteiger partial charge on any atom is 0.408 e. The summed E-state index contributed by atoms with van der Waals surface area (Å²) in [5.74, 6) is 0.311. The Labute approximate surface area is 94.9 Å². The third kappa shape index (κ3) is 2.96. The van der Waals surface area contributed by atoms with Gasteiger partial charge in [-0.15, -0.1) is 0 Å². The Bertz CT molecular complexity index is 518. The number of alkyl halides is 3. The molecule has 0 unspecified atom stereocenters. The molecule has 7 heteroatoms. The Hall–Kier alpha value is -2.05. The topological polar surface area (TPSA) is 56.7 Å². The lowest BCUT2D eigenvalue weighted by atomic mass is 10.1. The van der Waals surface area contributed by atoms with Crippen LogP contribution in [0.1, 0.15) is 0 Å². The highest BCUT2D eigenvalue weighted by Gasteiger charge is 2.28. The maximum atomic E-state index is 12.1. The molecule has 0 saturated carbocycles. The number of nitrogen functional groups attached to an aromatic ring is 1. The van der Waals surface area contributed by atoms with Crippen molar-refractivity contribution in [3.8, 4) is 11.1 Å². The summed E-state index contributed by atoms with van der Waals surface area (Å²) >= 11 is 0. The van der Waals surface area contributed by atoms with E-state index in [1.54, 1.807) is 12.1 Å². The van der Waals surface area contributed by atoms with Gasteiger partial charge in [-0.05, 0) is 17.7 Å². The van der Waals surface area contributed by atoms with E-state index in [1.807, 2.05) is 0 Å². The Morgan fingerprint density at radius 2 is 2.06 bits per heavy atom. The number of hydrogen-bond donors (Lipinski definition) is 1. The van der Waals surface area contributed by atoms with Crippen molar-refractivity contribution in [1.82, 2.24) is 14.8 Å². The number of hydrogen-bond acceptors (Lipinski definition) is 3. The maximum absolute atomic E-state index is 12.1. The van der Waals surface area contributed by atoms with E-state index in [4.69, 9.17) is 5.73 Å². The Kier molecular flexibility index (Phi) is 2.74. The van der Waals surface area contributed by atoms with Crippen LogP contribution in [0, 0.1) is 0 Å². The van der Waals surface area contributed by atoms with Crippen molar-refractivity contribution in [2.75, 3.05) is 5.73 Å². The minimum Gasteiger partial charge on any atom is -0.384 e. The summed E-state index contributed by atoms with van der Waals surface area (Å²) < 4.78 is 37.2. The molecule has 0 aliphatic heterocycles. The molecule has 90 valence electrons. The molecule has 2 heterocycles. The van der Waals surface area contributed by atoms with Crippen LogP contribution in [-0.2, 0) is 6.54 Å². The molecule has 0 amide bonds. The van der Waals surface area contributed by atoms with Gasteiger partial charge in [0.1, 0.15) is 12.4 Å². The first-order valence-electron chi connectivity index (χ1n) is 4.75. The smallest absolute Gasteiger partial charge is 0.384 e. The highest BCUT2D eigenvalue weighted by Crippen LogP contribution is 2.22. The third-order valence-electron chi connectivity index (χ3n) is 2.09. The minimum atomic E-state index is -4.28. The van der Waals surface area contributed by atoms with Crippen LogP contribution in [0.5, 0.6) is 0 Å². The van der Waals surface area contributed by atoms with Gasteiger partial charge in [0.25, 0.3) is 0 Å². The van der Waals surface area contributed by atoms with Crippen molar-refractivity contribution >= 4 is 5.82 Å². The molecule has 0 fully saturated rings. The summed E-state index contributed by atoms with van der Waals surface area (Å²) in [4.78, 5) is 3.80. The van der Waals surface area contributed by atoms with Gasteiger partial charge < -0.3 is 5.73 Å². The zero-order valence-electron chi connectivity index (χ0n) is 8.65. The monoisotopic (exact) mass is 242 g/mol. The van der Waals surface area contributed by atoms with Gasteiger partial charge in [-0.2, -0.15) is 18.3 Å². The zero-order valence-corrected chi connectivity index (χ0v) is 8.65. The SMILES string of the molecule is Nc1cc(-c2cnn(CC(F)(F)F)c2)ccn1. The summed E-state index contributed by atoms with van der Waals surface area (Å²) in [5.41, 5.74) is 6.74. The average Bonchev–Trinajstić information content (AvgIpc) is 2.63. The molecule has 2 N–H and O–H groups in total. The molecule has 0 spiro atoms. The van der Waals surface area contributed by atoms with Crippen LogP contribution in [0.15, 0.2) is 30.7 Å². The van der Waals surface area contributed by atoms with Crippen molar-refractivity contribution in [3.63, 3.8) is 0 Å². The first-order valence-corrected chi connectivity index (χ1v) is 4.75. The van der Waals surface area contributed by atoms with E-state index in [2.05, 4.69) is 10.1 Å². The number of nitrogens with two attached hydrogens (primary N) is 1. The molecule has 17 heavy (non-hydrogen) atoms. The highest BCUT2D eigenvalue weighted by molar-refractivity contribution is 5.64. The second kappa shape index (κ2) is 4.08. The van der Waals surface area contributed by atoms with Crippen molar-refractivity contribution in [2.24, 2.45) is 0 Å². The van der Waals surface area contributed by atoms with Crippen LogP contribution in [0.4, 0.5) is 19.0 Å². The number of pyridine rings is 1. The van der Waals surface area contributed by atoms with Crippen LogP contribution >= 0.6 is 0 Å². The minimum absolute atomic E-state index is 0.311. The fourth-order valence-corrected chi connectivity index (χ4v) is 1.41. The van der Waals surface area contributed by atoms with Crippen molar-refractivity contribution in [2.45, 2.75) is 12.7 Å². The van der Waals surface area contributed by atoms with Gasteiger partial charge in [0, 0.05) is 18.0 Å². The molecule has 4 nitrogen and oxygen atoms in total. The number of aromatic nitrogens is 3. The number of anilines is 1. The molecule has 0 atom stereocenters. The number of rotatable bonds is 2. The van der Waals surface area contributed by atoms with E-state index < -0.39 is 12.7 Å². The van der Waals surface area contributed by atoms with Gasteiger partial charge in [-0.25, -0.2) is 4.98 Å². The predicted molar refractivity (Wildman–Crippen MR) is 55.9 cm³/mol. The summed E-state index contributed by atoms with van der Waals surface area (Å²) in [6.07, 6.45) is -0.102. The van der Waals surface area contributed by atoms with Crippen LogP contribution in [-0.4, -0.2) is 20.9 Å². The Morgan fingerprint density at radius 3 is 2.71 bits per heavy atom. The van der Waals surface area contributed by atoms with Crippen molar-refractivity contribution in [3.05, 3.63) is 30.7 Å². The largest absolute Gasteiger partial charge is 0.408 e. The van der Waals surface area contributed by atoms with Gasteiger partial charge >= 0.3 is 6.18 Å². The second-order valence-corrected chi connectivity index (χ2v) is 3.51. The van der Waals surface area contributed by atoms with Gasteiger partial charge in [-0.1, -0.05) is 0 Å². The van der Waals surface area contributed by atoms with E-state index in [0.717, 1.165) is 4.68 Å². The second-order valence-electron chi connectivity index (χ2n) is 3.51. The molecule has 2 rings (SSSR count). The molecular formula is C10H9F3N4. The fourth-order valence-electron chi connectivity index (χ4n) is 1.41. The highest BCUT2D eigenvalue weighted by atomic mass is 19.4. The van der Waals surface area contributed by atoms with E-state index in [0.29, 0.717) is 16.9 Å². The van der Waals surface area contributed by atoms with Gasteiger partial charge in [0.15, 0.2) is 0 Å². The van der Waals surface area contributed by atoms with Crippen LogP contribution < -0.4 is 5.73 Å². The summed E-state index contributed by atoms with van der Waals surface area (Å²) in [5, 5.41) is 3.64. The van der Waals surface area contributed by atoms with Gasteiger partial charge in [0.05, 0.1) is 6.20 Å². The number of nitrogens with zero attached hydrogens (tertiary/aromatic N) is 3. The van der Waals surface area contributed by atoms with Crippen molar-refractivity contribution in [1.29, 1.82) is 0 Å². The summed E-state index contributed by atoms with van der Waals surface area (Å²) in [6.45, 7) is -1.10. The van der Waals surface area contributed by atoms with E-state index in [1.165, 1.54) is 18.6 Å². The number of halogens is 3. The molecule has 0 aliphatic carbocycles. The zero-order chi connectivity index (χ0) is 12.5. The van der Waals surface area contributed by atoms with E-state index >= 15 is 0 Å². The lowest BCUT2D eigenvalue weighted by Crippen LogP contribution is -2.17. The predicted octanol–water partition coefficient (Wildman–Crippen LogP) is 2.09. The average molecular weight is 242 g/mol. The first kappa shape index (κ1) is 11.4. The standard InChI is InChI=1S/C10H9F3N4/c11-10(12,13)6-17-5-8(4-16-17)7-1-2-15-9(14)3-7/h1-5H,6H2,(H2,14,15). The molecule has 0 radical (unpaired) electrons. The molecule has 2 aromatic heterocycles. The normalized spacial score (nSPS) is 11.7.